The van der Waals surface area contributed by atoms with Gasteiger partial charge in [-0.15, -0.1) is 0 Å². The first kappa shape index (κ1) is 14.9. The number of aromatic nitrogens is 1. The second kappa shape index (κ2) is 7.36. The highest BCUT2D eigenvalue weighted by atomic mass is 16.5. The lowest BCUT2D eigenvalue weighted by Gasteiger charge is -2.14. The van der Waals surface area contributed by atoms with Crippen molar-refractivity contribution in [2.75, 3.05) is 0 Å². The molecule has 21 heavy (non-hydrogen) atoms. The SMILES string of the molecule is C=Cc1cccc(COC(Cc2ccccc2)C(N)=O)n1. The molecular formula is C17H18N2O2. The molecule has 2 N–H and O–H groups in total. The quantitative estimate of drug-likeness (QED) is 0.847. The third kappa shape index (κ3) is 4.54. The highest BCUT2D eigenvalue weighted by Crippen LogP contribution is 2.09. The minimum absolute atomic E-state index is 0.238. The van der Waals surface area contributed by atoms with E-state index in [-0.39, 0.29) is 6.61 Å². The van der Waals surface area contributed by atoms with Crippen LogP contribution in [-0.4, -0.2) is 17.0 Å². The van der Waals surface area contributed by atoms with E-state index in [1.54, 1.807) is 6.08 Å². The average Bonchev–Trinajstić information content (AvgIpc) is 2.52. The highest BCUT2D eigenvalue weighted by Gasteiger charge is 2.16. The summed E-state index contributed by atoms with van der Waals surface area (Å²) >= 11 is 0. The lowest BCUT2D eigenvalue weighted by atomic mass is 10.1. The van der Waals surface area contributed by atoms with Gasteiger partial charge in [0.1, 0.15) is 6.10 Å². The smallest absolute Gasteiger partial charge is 0.246 e. The van der Waals surface area contributed by atoms with Crippen molar-refractivity contribution in [3.05, 3.63) is 72.1 Å². The molecule has 0 spiro atoms. The number of carbonyl (C=O) groups is 1. The molecule has 2 aromatic rings. The second-order valence-corrected chi connectivity index (χ2v) is 4.65. The molecule has 1 aromatic carbocycles. The third-order valence-electron chi connectivity index (χ3n) is 3.05. The Morgan fingerprint density at radius 3 is 2.67 bits per heavy atom. The molecule has 1 amide bonds. The molecule has 0 saturated carbocycles. The molecule has 1 aromatic heterocycles. The van der Waals surface area contributed by atoms with E-state index in [9.17, 15) is 4.79 Å². The molecule has 0 aliphatic heterocycles. The summed E-state index contributed by atoms with van der Waals surface area (Å²) in [4.78, 5) is 15.8. The lowest BCUT2D eigenvalue weighted by molar-refractivity contribution is -0.130. The fraction of sp³-hybridized carbons (Fsp3) is 0.176. The summed E-state index contributed by atoms with van der Waals surface area (Å²) in [6, 6.07) is 15.2. The molecule has 1 unspecified atom stereocenters. The molecule has 1 heterocycles. The van der Waals surface area contributed by atoms with Crippen molar-refractivity contribution in [2.45, 2.75) is 19.1 Å². The minimum Gasteiger partial charge on any atom is -0.367 e. The first-order chi connectivity index (χ1) is 10.2. The number of amides is 1. The van der Waals surface area contributed by atoms with Crippen LogP contribution in [-0.2, 0) is 22.6 Å². The Morgan fingerprint density at radius 2 is 2.00 bits per heavy atom. The van der Waals surface area contributed by atoms with E-state index in [0.29, 0.717) is 6.42 Å². The number of carbonyl (C=O) groups excluding carboxylic acids is 1. The van der Waals surface area contributed by atoms with Crippen molar-refractivity contribution in [2.24, 2.45) is 5.73 Å². The zero-order valence-electron chi connectivity index (χ0n) is 11.7. The zero-order valence-corrected chi connectivity index (χ0v) is 11.7. The number of ether oxygens (including phenoxy) is 1. The van der Waals surface area contributed by atoms with Crippen molar-refractivity contribution in [3.8, 4) is 0 Å². The zero-order chi connectivity index (χ0) is 15.1. The second-order valence-electron chi connectivity index (χ2n) is 4.65. The fourth-order valence-electron chi connectivity index (χ4n) is 1.95. The largest absolute Gasteiger partial charge is 0.367 e. The van der Waals surface area contributed by atoms with Gasteiger partial charge in [0.25, 0.3) is 0 Å². The van der Waals surface area contributed by atoms with E-state index in [1.807, 2.05) is 48.5 Å². The maximum Gasteiger partial charge on any atom is 0.246 e. The summed E-state index contributed by atoms with van der Waals surface area (Å²) < 4.78 is 5.62. The van der Waals surface area contributed by atoms with Gasteiger partial charge in [-0.25, -0.2) is 0 Å². The van der Waals surface area contributed by atoms with Crippen LogP contribution >= 0.6 is 0 Å². The van der Waals surface area contributed by atoms with E-state index < -0.39 is 12.0 Å². The monoisotopic (exact) mass is 282 g/mol. The van der Waals surface area contributed by atoms with Crippen molar-refractivity contribution in [1.82, 2.24) is 4.98 Å². The lowest BCUT2D eigenvalue weighted by Crippen LogP contribution is -2.33. The number of primary amides is 1. The van der Waals surface area contributed by atoms with Gasteiger partial charge in [-0.05, 0) is 23.8 Å². The van der Waals surface area contributed by atoms with Crippen LogP contribution in [0.4, 0.5) is 0 Å². The fourth-order valence-corrected chi connectivity index (χ4v) is 1.95. The molecule has 0 saturated heterocycles. The number of hydrogen-bond acceptors (Lipinski definition) is 3. The molecule has 108 valence electrons. The Morgan fingerprint density at radius 1 is 1.24 bits per heavy atom. The molecule has 0 aliphatic carbocycles. The van der Waals surface area contributed by atoms with Gasteiger partial charge < -0.3 is 10.5 Å². The Kier molecular flexibility index (Phi) is 5.23. The van der Waals surface area contributed by atoms with Crippen LogP contribution in [0, 0.1) is 0 Å². The molecular weight excluding hydrogens is 264 g/mol. The van der Waals surface area contributed by atoms with Gasteiger partial charge in [0, 0.05) is 6.42 Å². The number of rotatable bonds is 7. The van der Waals surface area contributed by atoms with Gasteiger partial charge in [-0.1, -0.05) is 43.0 Å². The van der Waals surface area contributed by atoms with Crippen LogP contribution in [0.25, 0.3) is 6.08 Å². The van der Waals surface area contributed by atoms with E-state index in [4.69, 9.17) is 10.5 Å². The average molecular weight is 282 g/mol. The highest BCUT2D eigenvalue weighted by molar-refractivity contribution is 5.79. The van der Waals surface area contributed by atoms with Crippen molar-refractivity contribution >= 4 is 12.0 Å². The van der Waals surface area contributed by atoms with E-state index in [2.05, 4.69) is 11.6 Å². The number of pyridine rings is 1. The summed E-state index contributed by atoms with van der Waals surface area (Å²) in [5, 5.41) is 0. The number of benzene rings is 1. The number of nitrogens with zero attached hydrogens (tertiary/aromatic N) is 1. The van der Waals surface area contributed by atoms with E-state index in [1.165, 1.54) is 0 Å². The predicted molar refractivity (Wildman–Crippen MR) is 82.2 cm³/mol. The Hall–Kier alpha value is -2.46. The molecule has 4 heteroatoms. The molecule has 2 rings (SSSR count). The third-order valence-corrected chi connectivity index (χ3v) is 3.05. The van der Waals surface area contributed by atoms with Crippen LogP contribution < -0.4 is 5.73 Å². The Labute approximate surface area is 124 Å². The number of hydrogen-bond donors (Lipinski definition) is 1. The summed E-state index contributed by atoms with van der Waals surface area (Å²) in [6.45, 7) is 3.91. The molecule has 0 aliphatic rings. The maximum atomic E-state index is 11.5. The molecule has 0 bridgehead atoms. The normalized spacial score (nSPS) is 11.8. The minimum atomic E-state index is -0.665. The van der Waals surface area contributed by atoms with Gasteiger partial charge >= 0.3 is 0 Å². The Balaban J connectivity index is 2.00. The van der Waals surface area contributed by atoms with Gasteiger partial charge in [0.05, 0.1) is 18.0 Å². The summed E-state index contributed by atoms with van der Waals surface area (Å²) in [7, 11) is 0. The van der Waals surface area contributed by atoms with Crippen molar-refractivity contribution in [3.63, 3.8) is 0 Å². The van der Waals surface area contributed by atoms with Crippen molar-refractivity contribution < 1.29 is 9.53 Å². The van der Waals surface area contributed by atoms with Crippen LogP contribution in [0.3, 0.4) is 0 Å². The van der Waals surface area contributed by atoms with Crippen LogP contribution in [0.15, 0.2) is 55.1 Å². The van der Waals surface area contributed by atoms with Crippen LogP contribution in [0.1, 0.15) is 17.0 Å². The van der Waals surface area contributed by atoms with Gasteiger partial charge in [-0.3, -0.25) is 9.78 Å². The van der Waals surface area contributed by atoms with E-state index in [0.717, 1.165) is 17.0 Å². The van der Waals surface area contributed by atoms with Crippen LogP contribution in [0.2, 0.25) is 0 Å². The number of nitrogens with two attached hydrogens (primary N) is 1. The Bertz CT molecular complexity index is 611. The standard InChI is InChI=1S/C17H18N2O2/c1-2-14-9-6-10-15(19-14)12-21-16(17(18)20)11-13-7-4-3-5-8-13/h2-10,16H,1,11-12H2,(H2,18,20). The van der Waals surface area contributed by atoms with Gasteiger partial charge in [0.2, 0.25) is 5.91 Å². The molecule has 1 atom stereocenters. The van der Waals surface area contributed by atoms with Gasteiger partial charge in [0.15, 0.2) is 0 Å². The predicted octanol–water partition coefficient (Wildman–Crippen LogP) is 2.34. The maximum absolute atomic E-state index is 11.5. The molecule has 4 nitrogen and oxygen atoms in total. The topological polar surface area (TPSA) is 65.2 Å². The van der Waals surface area contributed by atoms with Crippen molar-refractivity contribution in [1.29, 1.82) is 0 Å². The first-order valence-corrected chi connectivity index (χ1v) is 6.72. The molecule has 0 radical (unpaired) electrons. The van der Waals surface area contributed by atoms with E-state index >= 15 is 0 Å². The molecule has 0 fully saturated rings. The van der Waals surface area contributed by atoms with Gasteiger partial charge in [-0.2, -0.15) is 0 Å². The van der Waals surface area contributed by atoms with Crippen LogP contribution in [0.5, 0.6) is 0 Å². The summed E-state index contributed by atoms with van der Waals surface area (Å²) in [6.07, 6.45) is 1.46. The first-order valence-electron chi connectivity index (χ1n) is 6.72. The summed E-state index contributed by atoms with van der Waals surface area (Å²) in [5.74, 6) is -0.473. The summed E-state index contributed by atoms with van der Waals surface area (Å²) in [5.41, 5.74) is 7.93.